The molecule has 0 amide bonds. The Morgan fingerprint density at radius 2 is 1.52 bits per heavy atom. The van der Waals surface area contributed by atoms with Gasteiger partial charge in [-0.3, -0.25) is 0 Å². The van der Waals surface area contributed by atoms with Crippen molar-refractivity contribution in [1.29, 1.82) is 0 Å². The Kier molecular flexibility index (Phi) is 7.21. The summed E-state index contributed by atoms with van der Waals surface area (Å²) in [6.07, 6.45) is 2.12. The third-order valence-electron chi connectivity index (χ3n) is 3.77. The summed E-state index contributed by atoms with van der Waals surface area (Å²) in [6.45, 7) is 6.66. The first-order valence-corrected chi connectivity index (χ1v) is 10.4. The van der Waals surface area contributed by atoms with Gasteiger partial charge in [0.25, 0.3) is 0 Å². The van der Waals surface area contributed by atoms with Crippen LogP contribution in [0.3, 0.4) is 0 Å². The topological polar surface area (TPSA) is 18.5 Å². The van der Waals surface area contributed by atoms with E-state index in [9.17, 15) is 0 Å². The van der Waals surface area contributed by atoms with Crippen LogP contribution in [0.1, 0.15) is 20.8 Å². The van der Waals surface area contributed by atoms with Gasteiger partial charge in [-0.05, 0) is 31.1 Å². The highest BCUT2D eigenvalue weighted by molar-refractivity contribution is 7.03. The zero-order chi connectivity index (χ0) is 18.1. The zero-order valence-corrected chi connectivity index (χ0v) is 16.5. The molecule has 0 bridgehead atoms. The van der Waals surface area contributed by atoms with E-state index in [0.29, 0.717) is 6.61 Å². The van der Waals surface area contributed by atoms with Crippen molar-refractivity contribution in [1.82, 2.24) is 0 Å². The number of hydrogen-bond donors (Lipinski definition) is 0. The minimum absolute atomic E-state index is 0.0195. The van der Waals surface area contributed by atoms with E-state index in [1.807, 2.05) is 36.4 Å². The molecule has 2 rings (SSSR count). The van der Waals surface area contributed by atoms with Gasteiger partial charge in [-0.25, -0.2) is 0 Å². The Morgan fingerprint density at radius 3 is 1.96 bits per heavy atom. The van der Waals surface area contributed by atoms with Gasteiger partial charge in [0.15, 0.2) is 0 Å². The number of benzene rings is 2. The Balaban J connectivity index is 2.61. The van der Waals surface area contributed by atoms with Gasteiger partial charge in [0.05, 0.1) is 6.10 Å². The first kappa shape index (κ1) is 19.2. The summed E-state index contributed by atoms with van der Waals surface area (Å²) in [5.41, 5.74) is 4.72. The van der Waals surface area contributed by atoms with Gasteiger partial charge in [0, 0.05) is 7.11 Å². The van der Waals surface area contributed by atoms with Crippen LogP contribution in [0.4, 0.5) is 0 Å². The fraction of sp³-hybridized carbons (Fsp3) is 0.273. The molecule has 3 heteroatoms. The predicted molar refractivity (Wildman–Crippen MR) is 108 cm³/mol. The molecule has 0 aliphatic carbocycles. The minimum atomic E-state index is -2.70. The molecule has 2 aromatic rings. The molecule has 2 aromatic carbocycles. The van der Waals surface area contributed by atoms with E-state index < -0.39 is 8.32 Å². The van der Waals surface area contributed by atoms with Crippen LogP contribution in [0, 0.1) is 11.5 Å². The lowest BCUT2D eigenvalue weighted by Crippen LogP contribution is -2.61. The van der Waals surface area contributed by atoms with E-state index in [2.05, 4.69) is 62.6 Å². The fourth-order valence-electron chi connectivity index (χ4n) is 2.84. The summed E-state index contributed by atoms with van der Waals surface area (Å²) in [4.78, 5) is 0. The summed E-state index contributed by atoms with van der Waals surface area (Å²) in [7, 11) is -1.04. The maximum Gasteiger partial charge on any atom is 0.337 e. The van der Waals surface area contributed by atoms with Crippen molar-refractivity contribution in [2.45, 2.75) is 26.9 Å². The Labute approximate surface area is 152 Å². The number of allylic oxidation sites excluding steroid dienone is 1. The maximum absolute atomic E-state index is 6.70. The van der Waals surface area contributed by atoms with Gasteiger partial charge >= 0.3 is 8.32 Å². The lowest BCUT2D eigenvalue weighted by molar-refractivity contribution is 0.239. The molecule has 0 N–H and O–H groups in total. The van der Waals surface area contributed by atoms with Crippen molar-refractivity contribution < 1.29 is 9.16 Å². The quantitative estimate of drug-likeness (QED) is 0.452. The van der Waals surface area contributed by atoms with Gasteiger partial charge in [-0.15, -0.1) is 0 Å². The van der Waals surface area contributed by atoms with Crippen molar-refractivity contribution in [3.8, 4) is 11.5 Å². The van der Waals surface area contributed by atoms with E-state index in [0.717, 1.165) is 10.4 Å². The molecule has 1 atom stereocenters. The lowest BCUT2D eigenvalue weighted by atomic mass is 10.2. The largest absolute Gasteiger partial charge is 0.392 e. The van der Waals surface area contributed by atoms with Crippen LogP contribution in [0.5, 0.6) is 0 Å². The Hall–Kier alpha value is -2.12. The van der Waals surface area contributed by atoms with Crippen LogP contribution in [-0.4, -0.2) is 28.1 Å². The third kappa shape index (κ3) is 5.17. The van der Waals surface area contributed by atoms with Crippen molar-refractivity contribution in [2.75, 3.05) is 13.7 Å². The molecule has 0 saturated heterocycles. The van der Waals surface area contributed by atoms with Crippen LogP contribution in [0.25, 0.3) is 0 Å². The third-order valence-corrected chi connectivity index (χ3v) is 7.32. The van der Waals surface area contributed by atoms with Crippen LogP contribution in [-0.2, 0) is 9.16 Å². The van der Waals surface area contributed by atoms with Gasteiger partial charge in [-0.1, -0.05) is 83.8 Å². The molecule has 0 fully saturated rings. The monoisotopic (exact) mass is 350 g/mol. The minimum Gasteiger partial charge on any atom is -0.392 e. The van der Waals surface area contributed by atoms with Crippen LogP contribution in [0.2, 0.25) is 0 Å². The fourth-order valence-corrected chi connectivity index (χ4v) is 6.06. The highest BCUT2D eigenvalue weighted by Crippen LogP contribution is 2.12. The van der Waals surface area contributed by atoms with Gasteiger partial charge < -0.3 is 9.16 Å². The van der Waals surface area contributed by atoms with Gasteiger partial charge in [-0.2, -0.15) is 0 Å². The molecule has 0 aliphatic heterocycles. The average molecular weight is 351 g/mol. The second kappa shape index (κ2) is 9.38. The Bertz CT molecular complexity index is 698. The first-order chi connectivity index (χ1) is 12.1. The summed E-state index contributed by atoms with van der Waals surface area (Å²) in [5, 5.41) is 2.30. The molecule has 0 aliphatic rings. The van der Waals surface area contributed by atoms with Crippen LogP contribution in [0.15, 0.2) is 72.3 Å². The Morgan fingerprint density at radius 1 is 1.00 bits per heavy atom. The maximum atomic E-state index is 6.70. The number of rotatable bonds is 6. The van der Waals surface area contributed by atoms with Gasteiger partial charge in [0.2, 0.25) is 0 Å². The summed E-state index contributed by atoms with van der Waals surface area (Å²) < 4.78 is 11.9. The number of methoxy groups -OCH3 is 1. The average Bonchev–Trinajstić information content (AvgIpc) is 2.62. The molecular formula is C22H26O2Si. The van der Waals surface area contributed by atoms with Crippen molar-refractivity contribution in [3.63, 3.8) is 0 Å². The second-order valence-corrected chi connectivity index (χ2v) is 9.22. The second-order valence-electron chi connectivity index (χ2n) is 6.22. The summed E-state index contributed by atoms with van der Waals surface area (Å²) in [6, 6.07) is 20.7. The smallest absolute Gasteiger partial charge is 0.337 e. The molecule has 1 unspecified atom stereocenters. The van der Waals surface area contributed by atoms with E-state index >= 15 is 0 Å². The van der Waals surface area contributed by atoms with E-state index in [1.54, 1.807) is 7.11 Å². The molecule has 25 heavy (non-hydrogen) atoms. The van der Waals surface area contributed by atoms with E-state index in [1.165, 1.54) is 5.57 Å². The molecule has 130 valence electrons. The summed E-state index contributed by atoms with van der Waals surface area (Å²) >= 11 is 0. The highest BCUT2D eigenvalue weighted by Gasteiger charge is 2.39. The molecular weight excluding hydrogens is 324 g/mol. The molecule has 0 heterocycles. The van der Waals surface area contributed by atoms with Crippen molar-refractivity contribution >= 4 is 18.7 Å². The number of hydrogen-bond acceptors (Lipinski definition) is 2. The van der Waals surface area contributed by atoms with Crippen LogP contribution < -0.4 is 10.4 Å². The van der Waals surface area contributed by atoms with E-state index in [-0.39, 0.29) is 6.10 Å². The summed E-state index contributed by atoms with van der Waals surface area (Å²) in [5.74, 6) is 3.18. The van der Waals surface area contributed by atoms with Crippen molar-refractivity contribution in [2.24, 2.45) is 0 Å². The molecule has 0 radical (unpaired) electrons. The lowest BCUT2D eigenvalue weighted by Gasteiger charge is -2.30. The first-order valence-electron chi connectivity index (χ1n) is 8.51. The molecule has 0 spiro atoms. The molecule has 0 saturated carbocycles. The number of ether oxygens (including phenoxy) is 1. The van der Waals surface area contributed by atoms with E-state index in [4.69, 9.17) is 9.16 Å². The van der Waals surface area contributed by atoms with Crippen LogP contribution >= 0.6 is 0 Å². The molecule has 0 aromatic heterocycles. The van der Waals surface area contributed by atoms with Crippen molar-refractivity contribution in [3.05, 3.63) is 72.3 Å². The SMILES string of the molecule is COCC#C[Si](OC(C)C=C(C)C)(c1ccccc1)c1ccccc1. The molecule has 2 nitrogen and oxygen atoms in total. The zero-order valence-electron chi connectivity index (χ0n) is 15.5. The highest BCUT2D eigenvalue weighted by atomic mass is 28.4. The normalized spacial score (nSPS) is 12.0. The predicted octanol–water partition coefficient (Wildman–Crippen LogP) is 3.31. The van der Waals surface area contributed by atoms with Gasteiger partial charge in [0.1, 0.15) is 6.61 Å². The standard InChI is InChI=1S/C22H26O2Si/c1-19(2)18-20(3)24-25(17-11-16-23-4,21-12-7-5-8-13-21)22-14-9-6-10-15-22/h5-10,12-15,18,20H,16H2,1-4H3.